The van der Waals surface area contributed by atoms with Crippen molar-refractivity contribution in [1.29, 1.82) is 0 Å². The van der Waals surface area contributed by atoms with Gasteiger partial charge in [0.15, 0.2) is 0 Å². The van der Waals surface area contributed by atoms with Gasteiger partial charge in [-0.3, -0.25) is 0 Å². The van der Waals surface area contributed by atoms with Gasteiger partial charge in [-0.2, -0.15) is 0 Å². The number of hydrogen-bond donors (Lipinski definition) is 1. The molecule has 1 aliphatic rings. The first kappa shape index (κ1) is 13.0. The molecule has 0 unspecified atom stereocenters. The first-order valence-corrected chi connectivity index (χ1v) is 7.17. The smallest absolute Gasteiger partial charge is 0.338 e. The highest BCUT2D eigenvalue weighted by Gasteiger charge is 2.20. The van der Waals surface area contributed by atoms with Crippen LogP contribution in [0.3, 0.4) is 0 Å². The van der Waals surface area contributed by atoms with Crippen LogP contribution >= 0.6 is 11.8 Å². The van der Waals surface area contributed by atoms with E-state index in [9.17, 15) is 9.90 Å². The van der Waals surface area contributed by atoms with Crippen LogP contribution in [-0.4, -0.2) is 30.4 Å². The van der Waals surface area contributed by atoms with Gasteiger partial charge in [-0.15, -0.1) is 11.8 Å². The highest BCUT2D eigenvalue weighted by molar-refractivity contribution is 7.98. The van der Waals surface area contributed by atoms with Gasteiger partial charge >= 0.3 is 5.97 Å². The average Bonchev–Trinajstić information content (AvgIpc) is 2.37. The van der Waals surface area contributed by atoms with Crippen LogP contribution in [-0.2, 0) is 0 Å². The normalized spacial score (nSPS) is 15.4. The van der Waals surface area contributed by atoms with Crippen LogP contribution in [0, 0.1) is 0 Å². The Hall–Kier alpha value is -1.42. The summed E-state index contributed by atoms with van der Waals surface area (Å²) in [6.07, 6.45) is 5.11. The van der Waals surface area contributed by atoms with Crippen molar-refractivity contribution in [2.24, 2.45) is 0 Å². The molecular formula is C14H17NO2S. The summed E-state index contributed by atoms with van der Waals surface area (Å²) in [5.74, 6) is -0.845. The van der Waals surface area contributed by atoms with Gasteiger partial charge in [-0.1, -0.05) is 17.7 Å². The molecule has 0 aliphatic carbocycles. The second-order valence-corrected chi connectivity index (χ2v) is 5.27. The van der Waals surface area contributed by atoms with Gasteiger partial charge in [0.1, 0.15) is 0 Å². The lowest BCUT2D eigenvalue weighted by molar-refractivity contribution is 0.0694. The van der Waals surface area contributed by atoms with E-state index in [0.29, 0.717) is 5.56 Å². The van der Waals surface area contributed by atoms with Crippen LogP contribution in [0.4, 0.5) is 5.69 Å². The number of rotatable bonds is 3. The van der Waals surface area contributed by atoms with Crippen molar-refractivity contribution < 1.29 is 9.90 Å². The number of thioether (sulfide) groups is 1. The molecule has 1 heterocycles. The lowest BCUT2D eigenvalue weighted by Gasteiger charge is -2.30. The lowest BCUT2D eigenvalue weighted by Crippen LogP contribution is -2.30. The summed E-state index contributed by atoms with van der Waals surface area (Å²) in [5.41, 5.74) is 2.56. The molecule has 0 bridgehead atoms. The van der Waals surface area contributed by atoms with E-state index in [-0.39, 0.29) is 0 Å². The second kappa shape index (κ2) is 5.48. The average molecular weight is 263 g/mol. The van der Waals surface area contributed by atoms with E-state index in [0.717, 1.165) is 30.1 Å². The van der Waals surface area contributed by atoms with Crippen LogP contribution in [0.5, 0.6) is 0 Å². The van der Waals surface area contributed by atoms with Crippen LogP contribution in [0.15, 0.2) is 34.7 Å². The van der Waals surface area contributed by atoms with Gasteiger partial charge in [0, 0.05) is 18.0 Å². The summed E-state index contributed by atoms with van der Waals surface area (Å²) >= 11 is 1.48. The van der Waals surface area contributed by atoms with Crippen molar-refractivity contribution in [1.82, 2.24) is 0 Å². The highest BCUT2D eigenvalue weighted by Crippen LogP contribution is 2.31. The minimum Gasteiger partial charge on any atom is -0.478 e. The number of nitrogens with zero attached hydrogens (tertiary/aromatic N) is 1. The number of aromatic carboxylic acids is 1. The minimum atomic E-state index is -0.845. The molecule has 0 amide bonds. The van der Waals surface area contributed by atoms with Gasteiger partial charge in [0.05, 0.1) is 11.3 Å². The molecule has 0 atom stereocenters. The maximum absolute atomic E-state index is 11.5. The molecule has 1 aromatic rings. The Bertz CT molecular complexity index is 497. The lowest BCUT2D eigenvalue weighted by atomic mass is 10.1. The van der Waals surface area contributed by atoms with Gasteiger partial charge in [0.2, 0.25) is 0 Å². The number of hydrogen-bond acceptors (Lipinski definition) is 3. The zero-order chi connectivity index (χ0) is 13.1. The third-order valence-electron chi connectivity index (χ3n) is 3.11. The molecule has 1 aliphatic heterocycles. The van der Waals surface area contributed by atoms with Crippen LogP contribution in [0.2, 0.25) is 0 Å². The maximum atomic E-state index is 11.5. The van der Waals surface area contributed by atoms with Crippen molar-refractivity contribution in [2.75, 3.05) is 24.2 Å². The predicted molar refractivity (Wildman–Crippen MR) is 75.8 cm³/mol. The van der Waals surface area contributed by atoms with E-state index in [1.54, 1.807) is 0 Å². The van der Waals surface area contributed by atoms with E-state index in [1.807, 2.05) is 24.5 Å². The molecular weight excluding hydrogens is 246 g/mol. The zero-order valence-corrected chi connectivity index (χ0v) is 11.5. The zero-order valence-electron chi connectivity index (χ0n) is 10.6. The quantitative estimate of drug-likeness (QED) is 0.671. The fourth-order valence-electron chi connectivity index (χ4n) is 2.29. The summed E-state index contributed by atoms with van der Waals surface area (Å²) in [6.45, 7) is 3.79. The molecule has 1 N–H and O–H groups in total. The maximum Gasteiger partial charge on any atom is 0.338 e. The number of carboxylic acid groups (broad SMARTS) is 1. The third kappa shape index (κ3) is 2.53. The fourth-order valence-corrected chi connectivity index (χ4v) is 2.90. The van der Waals surface area contributed by atoms with Crippen molar-refractivity contribution >= 4 is 23.4 Å². The largest absolute Gasteiger partial charge is 0.478 e. The van der Waals surface area contributed by atoms with E-state index >= 15 is 0 Å². The summed E-state index contributed by atoms with van der Waals surface area (Å²) in [4.78, 5) is 14.4. The Balaban J connectivity index is 2.44. The standard InChI is InChI=1S/C14H17NO2S/c1-10-5-4-8-15(9-10)11-6-3-7-12(18-2)13(11)14(16)17/h3,5-7H,4,8-9H2,1-2H3,(H,16,17). The molecule has 0 spiro atoms. The Kier molecular flexibility index (Phi) is 3.97. The van der Waals surface area contributed by atoms with Gasteiger partial charge in [-0.05, 0) is 31.7 Å². The highest BCUT2D eigenvalue weighted by atomic mass is 32.2. The van der Waals surface area contributed by atoms with Gasteiger partial charge in [-0.25, -0.2) is 4.79 Å². The topological polar surface area (TPSA) is 40.5 Å². The van der Waals surface area contributed by atoms with Gasteiger partial charge in [0.25, 0.3) is 0 Å². The summed E-state index contributed by atoms with van der Waals surface area (Å²) in [5, 5.41) is 9.42. The predicted octanol–water partition coefficient (Wildman–Crippen LogP) is 3.26. The molecule has 0 saturated heterocycles. The van der Waals surface area contributed by atoms with E-state index in [4.69, 9.17) is 0 Å². The fraction of sp³-hybridized carbons (Fsp3) is 0.357. The summed E-state index contributed by atoms with van der Waals surface area (Å²) < 4.78 is 0. The number of anilines is 1. The van der Waals surface area contributed by atoms with Crippen molar-refractivity contribution in [3.63, 3.8) is 0 Å². The van der Waals surface area contributed by atoms with Crippen molar-refractivity contribution in [3.05, 3.63) is 35.4 Å². The van der Waals surface area contributed by atoms with E-state index in [2.05, 4.69) is 17.9 Å². The van der Waals surface area contributed by atoms with Crippen LogP contribution in [0.25, 0.3) is 0 Å². The monoisotopic (exact) mass is 263 g/mol. The first-order valence-electron chi connectivity index (χ1n) is 5.94. The SMILES string of the molecule is CSc1cccc(N2CCC=C(C)C2)c1C(=O)O. The molecule has 0 fully saturated rings. The van der Waals surface area contributed by atoms with Crippen molar-refractivity contribution in [3.8, 4) is 0 Å². The molecule has 18 heavy (non-hydrogen) atoms. The number of carboxylic acids is 1. The van der Waals surface area contributed by atoms with E-state index < -0.39 is 5.97 Å². The van der Waals surface area contributed by atoms with E-state index in [1.165, 1.54) is 17.3 Å². The molecule has 96 valence electrons. The molecule has 0 saturated carbocycles. The Morgan fingerprint density at radius 3 is 2.83 bits per heavy atom. The van der Waals surface area contributed by atoms with Crippen LogP contribution in [0.1, 0.15) is 23.7 Å². The molecule has 0 radical (unpaired) electrons. The molecule has 2 rings (SSSR count). The molecule has 0 aromatic heterocycles. The Morgan fingerprint density at radius 1 is 1.44 bits per heavy atom. The van der Waals surface area contributed by atoms with Gasteiger partial charge < -0.3 is 10.0 Å². The number of carbonyl (C=O) groups is 1. The molecule has 1 aromatic carbocycles. The first-order chi connectivity index (χ1) is 8.63. The summed E-state index contributed by atoms with van der Waals surface area (Å²) in [6, 6.07) is 5.70. The Labute approximate surface area is 111 Å². The summed E-state index contributed by atoms with van der Waals surface area (Å²) in [7, 11) is 0. The van der Waals surface area contributed by atoms with Crippen LogP contribution < -0.4 is 4.90 Å². The molecule has 3 nitrogen and oxygen atoms in total. The Morgan fingerprint density at radius 2 is 2.22 bits per heavy atom. The number of benzene rings is 1. The minimum absolute atomic E-state index is 0.430. The second-order valence-electron chi connectivity index (χ2n) is 4.42. The van der Waals surface area contributed by atoms with Crippen molar-refractivity contribution in [2.45, 2.75) is 18.2 Å². The molecule has 4 heteroatoms. The third-order valence-corrected chi connectivity index (χ3v) is 3.89.